The van der Waals surface area contributed by atoms with E-state index >= 15 is 0 Å². The molecule has 29 heavy (non-hydrogen) atoms. The maximum atomic E-state index is 13.5. The number of para-hydroxylation sites is 1. The van der Waals surface area contributed by atoms with Crippen LogP contribution in [0.4, 0.5) is 4.39 Å². The Kier molecular flexibility index (Phi) is 4.64. The molecule has 4 aromatic rings. The molecular weight excluding hydrogens is 367 g/mol. The molecule has 148 valence electrons. The molecule has 6 heteroatoms. The van der Waals surface area contributed by atoms with Crippen LogP contribution in [0.2, 0.25) is 0 Å². The molecule has 0 amide bonds. The van der Waals surface area contributed by atoms with Crippen molar-refractivity contribution >= 4 is 21.8 Å². The van der Waals surface area contributed by atoms with Gasteiger partial charge in [0.2, 0.25) is 0 Å². The van der Waals surface area contributed by atoms with Gasteiger partial charge in [0, 0.05) is 35.6 Å². The predicted molar refractivity (Wildman–Crippen MR) is 113 cm³/mol. The van der Waals surface area contributed by atoms with Crippen LogP contribution in [0, 0.1) is 5.82 Å². The molecule has 1 fully saturated rings. The highest BCUT2D eigenvalue weighted by Gasteiger charge is 2.23. The molecule has 2 aromatic carbocycles. The number of benzene rings is 2. The van der Waals surface area contributed by atoms with Crippen LogP contribution < -0.4 is 5.56 Å². The fourth-order valence-electron chi connectivity index (χ4n) is 4.37. The van der Waals surface area contributed by atoms with Crippen molar-refractivity contribution in [1.29, 1.82) is 0 Å². The SMILES string of the molecule is O=c1[nH]c(C2CCN(CCc3c[nH]c4ccccc34)CC2)nc2cc(F)ccc12. The molecule has 0 aliphatic carbocycles. The summed E-state index contributed by atoms with van der Waals surface area (Å²) in [6, 6.07) is 12.5. The first-order valence-electron chi connectivity index (χ1n) is 10.1. The lowest BCUT2D eigenvalue weighted by molar-refractivity contribution is 0.211. The van der Waals surface area contributed by atoms with Crippen molar-refractivity contribution in [2.24, 2.45) is 0 Å². The Labute approximate surface area is 167 Å². The molecule has 3 heterocycles. The molecular formula is C23H23FN4O. The Morgan fingerprint density at radius 2 is 1.93 bits per heavy atom. The zero-order chi connectivity index (χ0) is 19.8. The van der Waals surface area contributed by atoms with Crippen LogP contribution in [0.1, 0.15) is 30.1 Å². The van der Waals surface area contributed by atoms with E-state index < -0.39 is 0 Å². The van der Waals surface area contributed by atoms with E-state index in [0.717, 1.165) is 38.9 Å². The van der Waals surface area contributed by atoms with E-state index in [9.17, 15) is 9.18 Å². The van der Waals surface area contributed by atoms with Gasteiger partial charge in [0.15, 0.2) is 0 Å². The van der Waals surface area contributed by atoms with Crippen molar-refractivity contribution < 1.29 is 4.39 Å². The number of aromatic nitrogens is 3. The highest BCUT2D eigenvalue weighted by atomic mass is 19.1. The molecule has 1 aliphatic heterocycles. The van der Waals surface area contributed by atoms with E-state index in [4.69, 9.17) is 0 Å². The lowest BCUT2D eigenvalue weighted by Gasteiger charge is -2.31. The van der Waals surface area contributed by atoms with Crippen molar-refractivity contribution in [3.8, 4) is 0 Å². The number of fused-ring (bicyclic) bond motifs is 2. The summed E-state index contributed by atoms with van der Waals surface area (Å²) in [6.07, 6.45) is 5.01. The molecule has 2 aromatic heterocycles. The second-order valence-electron chi connectivity index (χ2n) is 7.84. The van der Waals surface area contributed by atoms with Gasteiger partial charge in [0.25, 0.3) is 5.56 Å². The van der Waals surface area contributed by atoms with Gasteiger partial charge in [-0.2, -0.15) is 0 Å². The molecule has 0 spiro atoms. The number of hydrogen-bond acceptors (Lipinski definition) is 3. The van der Waals surface area contributed by atoms with Gasteiger partial charge in [-0.15, -0.1) is 0 Å². The third-order valence-electron chi connectivity index (χ3n) is 6.03. The van der Waals surface area contributed by atoms with Crippen LogP contribution in [-0.4, -0.2) is 39.5 Å². The lowest BCUT2D eigenvalue weighted by Crippen LogP contribution is -2.35. The summed E-state index contributed by atoms with van der Waals surface area (Å²) in [5.74, 6) is 0.526. The number of nitrogens with one attached hydrogen (secondary N) is 2. The van der Waals surface area contributed by atoms with E-state index in [1.807, 2.05) is 6.07 Å². The lowest BCUT2D eigenvalue weighted by atomic mass is 9.95. The zero-order valence-electron chi connectivity index (χ0n) is 16.1. The molecule has 1 aliphatic rings. The Balaban J connectivity index is 1.25. The average Bonchev–Trinajstić information content (AvgIpc) is 3.15. The predicted octanol–water partition coefficient (Wildman–Crippen LogP) is 3.97. The zero-order valence-corrected chi connectivity index (χ0v) is 16.1. The molecule has 1 saturated heterocycles. The minimum absolute atomic E-state index is 0.188. The molecule has 0 atom stereocenters. The third-order valence-corrected chi connectivity index (χ3v) is 6.03. The van der Waals surface area contributed by atoms with E-state index in [-0.39, 0.29) is 17.3 Å². The van der Waals surface area contributed by atoms with Crippen molar-refractivity contribution in [2.45, 2.75) is 25.2 Å². The molecule has 0 unspecified atom stereocenters. The van der Waals surface area contributed by atoms with Crippen LogP contribution in [0.15, 0.2) is 53.5 Å². The van der Waals surface area contributed by atoms with Gasteiger partial charge >= 0.3 is 0 Å². The maximum absolute atomic E-state index is 13.5. The quantitative estimate of drug-likeness (QED) is 0.554. The van der Waals surface area contributed by atoms with Crippen LogP contribution >= 0.6 is 0 Å². The van der Waals surface area contributed by atoms with E-state index in [0.29, 0.717) is 16.7 Å². The van der Waals surface area contributed by atoms with Crippen molar-refractivity contribution in [3.05, 3.63) is 76.2 Å². The summed E-state index contributed by atoms with van der Waals surface area (Å²) in [4.78, 5) is 25.6. The number of piperidine rings is 1. The van der Waals surface area contributed by atoms with Gasteiger partial charge in [-0.1, -0.05) is 18.2 Å². The number of likely N-dealkylation sites (tertiary alicyclic amines) is 1. The Morgan fingerprint density at radius 1 is 1.10 bits per heavy atom. The van der Waals surface area contributed by atoms with Crippen molar-refractivity contribution in [2.75, 3.05) is 19.6 Å². The van der Waals surface area contributed by atoms with Gasteiger partial charge in [-0.05, 0) is 56.1 Å². The van der Waals surface area contributed by atoms with Crippen LogP contribution in [0.3, 0.4) is 0 Å². The first-order valence-corrected chi connectivity index (χ1v) is 10.1. The largest absolute Gasteiger partial charge is 0.361 e. The highest BCUT2D eigenvalue weighted by Crippen LogP contribution is 2.26. The van der Waals surface area contributed by atoms with Gasteiger partial charge in [0.05, 0.1) is 10.9 Å². The molecule has 0 radical (unpaired) electrons. The van der Waals surface area contributed by atoms with Gasteiger partial charge in [-0.3, -0.25) is 4.79 Å². The standard InChI is InChI=1S/C23H23FN4O/c24-17-5-6-19-21(13-17)26-22(27-23(19)29)15-7-10-28(11-8-15)12-9-16-14-25-20-4-2-1-3-18(16)20/h1-6,13-15,25H,7-12H2,(H,26,27,29). The topological polar surface area (TPSA) is 64.8 Å². The van der Waals surface area contributed by atoms with Gasteiger partial charge < -0.3 is 14.9 Å². The van der Waals surface area contributed by atoms with Crippen LogP contribution in [0.25, 0.3) is 21.8 Å². The molecule has 0 saturated carbocycles. The fourth-order valence-corrected chi connectivity index (χ4v) is 4.37. The highest BCUT2D eigenvalue weighted by molar-refractivity contribution is 5.83. The summed E-state index contributed by atoms with van der Waals surface area (Å²) >= 11 is 0. The smallest absolute Gasteiger partial charge is 0.258 e. The number of rotatable bonds is 4. The van der Waals surface area contributed by atoms with Gasteiger partial charge in [-0.25, -0.2) is 9.37 Å². The van der Waals surface area contributed by atoms with E-state index in [2.05, 4.69) is 44.2 Å². The Hall–Kier alpha value is -2.99. The molecule has 2 N–H and O–H groups in total. The second-order valence-corrected chi connectivity index (χ2v) is 7.84. The number of hydrogen-bond donors (Lipinski definition) is 2. The monoisotopic (exact) mass is 390 g/mol. The van der Waals surface area contributed by atoms with Gasteiger partial charge in [0.1, 0.15) is 11.6 Å². The summed E-state index contributed by atoms with van der Waals surface area (Å²) < 4.78 is 13.5. The second kappa shape index (κ2) is 7.44. The summed E-state index contributed by atoms with van der Waals surface area (Å²) in [7, 11) is 0. The fraction of sp³-hybridized carbons (Fsp3) is 0.304. The van der Waals surface area contributed by atoms with Crippen molar-refractivity contribution in [1.82, 2.24) is 19.9 Å². The first kappa shape index (κ1) is 18.1. The van der Waals surface area contributed by atoms with E-state index in [1.165, 1.54) is 34.7 Å². The molecule has 0 bridgehead atoms. The number of H-pyrrole nitrogens is 2. The van der Waals surface area contributed by atoms with E-state index in [1.54, 1.807) is 0 Å². The summed E-state index contributed by atoms with van der Waals surface area (Å²) in [5.41, 5.74) is 2.78. The average molecular weight is 390 g/mol. The Morgan fingerprint density at radius 3 is 2.79 bits per heavy atom. The third kappa shape index (κ3) is 3.56. The summed E-state index contributed by atoms with van der Waals surface area (Å²) in [5, 5.41) is 1.74. The van der Waals surface area contributed by atoms with Crippen LogP contribution in [0.5, 0.6) is 0 Å². The summed E-state index contributed by atoms with van der Waals surface area (Å²) in [6.45, 7) is 2.96. The minimum Gasteiger partial charge on any atom is -0.361 e. The minimum atomic E-state index is -0.367. The Bertz CT molecular complexity index is 1220. The number of halogens is 1. The van der Waals surface area contributed by atoms with Crippen molar-refractivity contribution in [3.63, 3.8) is 0 Å². The molecule has 5 nitrogen and oxygen atoms in total. The number of aromatic amines is 2. The first-order chi connectivity index (χ1) is 14.2. The molecule has 5 rings (SSSR count). The van der Waals surface area contributed by atoms with Crippen LogP contribution in [-0.2, 0) is 6.42 Å². The maximum Gasteiger partial charge on any atom is 0.258 e. The number of nitrogens with zero attached hydrogens (tertiary/aromatic N) is 2. The normalized spacial score (nSPS) is 16.0.